The number of nitrogens with one attached hydrogen (secondary N) is 1. The van der Waals surface area contributed by atoms with Crippen molar-refractivity contribution in [2.24, 2.45) is 5.92 Å². The predicted octanol–water partition coefficient (Wildman–Crippen LogP) is 0.609. The number of rotatable bonds is 3. The van der Waals surface area contributed by atoms with Crippen LogP contribution < -0.4 is 5.43 Å². The van der Waals surface area contributed by atoms with Crippen molar-refractivity contribution >= 4 is 5.91 Å². The lowest BCUT2D eigenvalue weighted by Gasteiger charge is -2.32. The molecule has 1 aromatic rings. The molecule has 2 heterocycles. The summed E-state index contributed by atoms with van der Waals surface area (Å²) in [5, 5.41) is 8.95. The molecular formula is C13H18N2O3. The largest absolute Gasteiger partial charge is 0.396 e. The molecule has 1 aromatic heterocycles. The minimum atomic E-state index is -0.247. The number of aromatic nitrogens is 1. The van der Waals surface area contributed by atoms with Gasteiger partial charge >= 0.3 is 0 Å². The molecule has 2 N–H and O–H groups in total. The third-order valence-corrected chi connectivity index (χ3v) is 3.40. The maximum absolute atomic E-state index is 12.2. The SMILES string of the molecule is O=C(c1c[nH]ccc1=O)N1CCCC(CCO)C1. The van der Waals surface area contributed by atoms with E-state index in [4.69, 9.17) is 5.11 Å². The molecule has 0 aromatic carbocycles. The molecule has 1 atom stereocenters. The molecule has 0 aliphatic carbocycles. The highest BCUT2D eigenvalue weighted by Crippen LogP contribution is 2.20. The van der Waals surface area contributed by atoms with Crippen LogP contribution in [0.25, 0.3) is 0 Å². The fourth-order valence-electron chi connectivity index (χ4n) is 2.42. The molecule has 1 aliphatic heterocycles. The van der Waals surface area contributed by atoms with Gasteiger partial charge in [0.15, 0.2) is 5.43 Å². The first-order valence-corrected chi connectivity index (χ1v) is 6.29. The Balaban J connectivity index is 2.09. The van der Waals surface area contributed by atoms with Gasteiger partial charge in [-0.3, -0.25) is 9.59 Å². The Labute approximate surface area is 105 Å². The Morgan fingerprint density at radius 1 is 1.56 bits per heavy atom. The van der Waals surface area contributed by atoms with Gasteiger partial charge < -0.3 is 15.0 Å². The van der Waals surface area contributed by atoms with E-state index in [1.807, 2.05) is 0 Å². The van der Waals surface area contributed by atoms with Crippen molar-refractivity contribution in [3.8, 4) is 0 Å². The summed E-state index contributed by atoms with van der Waals surface area (Å²) in [5.74, 6) is 0.134. The summed E-state index contributed by atoms with van der Waals surface area (Å²) in [5.41, 5.74) is -0.0508. The Morgan fingerprint density at radius 2 is 2.39 bits per heavy atom. The van der Waals surface area contributed by atoms with Crippen molar-refractivity contribution < 1.29 is 9.90 Å². The number of aliphatic hydroxyl groups is 1. The molecule has 1 amide bonds. The monoisotopic (exact) mass is 250 g/mol. The van der Waals surface area contributed by atoms with E-state index in [-0.39, 0.29) is 23.5 Å². The van der Waals surface area contributed by atoms with Gasteiger partial charge in [0, 0.05) is 38.2 Å². The lowest BCUT2D eigenvalue weighted by molar-refractivity contribution is 0.0652. The summed E-state index contributed by atoms with van der Waals surface area (Å²) in [7, 11) is 0. The van der Waals surface area contributed by atoms with Crippen molar-refractivity contribution in [2.45, 2.75) is 19.3 Å². The first-order valence-electron chi connectivity index (χ1n) is 6.29. The normalized spacial score (nSPS) is 19.8. The number of carbonyl (C=O) groups is 1. The number of piperidine rings is 1. The highest BCUT2D eigenvalue weighted by Gasteiger charge is 2.25. The molecule has 1 fully saturated rings. The van der Waals surface area contributed by atoms with E-state index in [2.05, 4.69) is 4.98 Å². The summed E-state index contributed by atoms with van der Waals surface area (Å²) in [6.07, 6.45) is 5.66. The topological polar surface area (TPSA) is 73.4 Å². The number of hydrogen-bond acceptors (Lipinski definition) is 3. The second-order valence-corrected chi connectivity index (χ2v) is 4.69. The zero-order chi connectivity index (χ0) is 13.0. The fourth-order valence-corrected chi connectivity index (χ4v) is 2.42. The van der Waals surface area contributed by atoms with Crippen LogP contribution in [0.15, 0.2) is 23.3 Å². The van der Waals surface area contributed by atoms with Gasteiger partial charge in [0.25, 0.3) is 5.91 Å². The van der Waals surface area contributed by atoms with Gasteiger partial charge in [-0.1, -0.05) is 0 Å². The summed E-state index contributed by atoms with van der Waals surface area (Å²) < 4.78 is 0. The molecule has 0 bridgehead atoms. The zero-order valence-corrected chi connectivity index (χ0v) is 10.3. The third-order valence-electron chi connectivity index (χ3n) is 3.40. The van der Waals surface area contributed by atoms with Crippen LogP contribution >= 0.6 is 0 Å². The fraction of sp³-hybridized carbons (Fsp3) is 0.538. The third kappa shape index (κ3) is 2.79. The number of aromatic amines is 1. The van der Waals surface area contributed by atoms with E-state index >= 15 is 0 Å². The minimum absolute atomic E-state index is 0.151. The molecule has 98 valence electrons. The van der Waals surface area contributed by atoms with Crippen molar-refractivity contribution in [1.29, 1.82) is 0 Å². The summed E-state index contributed by atoms with van der Waals surface area (Å²) >= 11 is 0. The van der Waals surface area contributed by atoms with Crippen LogP contribution in [0.1, 0.15) is 29.6 Å². The van der Waals surface area contributed by atoms with Crippen molar-refractivity contribution in [2.75, 3.05) is 19.7 Å². The van der Waals surface area contributed by atoms with E-state index in [9.17, 15) is 9.59 Å². The van der Waals surface area contributed by atoms with Gasteiger partial charge in [0.05, 0.1) is 0 Å². The number of likely N-dealkylation sites (tertiary alicyclic amines) is 1. The molecule has 1 aliphatic rings. The quantitative estimate of drug-likeness (QED) is 0.825. The molecule has 0 radical (unpaired) electrons. The number of aliphatic hydroxyl groups excluding tert-OH is 1. The van der Waals surface area contributed by atoms with Crippen molar-refractivity contribution in [3.63, 3.8) is 0 Å². The number of carbonyl (C=O) groups excluding carboxylic acids is 1. The van der Waals surface area contributed by atoms with Crippen LogP contribution in [-0.2, 0) is 0 Å². The Morgan fingerprint density at radius 3 is 3.11 bits per heavy atom. The highest BCUT2D eigenvalue weighted by molar-refractivity contribution is 5.93. The zero-order valence-electron chi connectivity index (χ0n) is 10.3. The Kier molecular flexibility index (Phi) is 4.15. The van der Waals surface area contributed by atoms with Crippen molar-refractivity contribution in [3.05, 3.63) is 34.2 Å². The highest BCUT2D eigenvalue weighted by atomic mass is 16.3. The standard InChI is InChI=1S/C13H18N2O3/c16-7-4-10-2-1-6-15(9-10)13(18)11-8-14-5-3-12(11)17/h3,5,8,10,16H,1-2,4,6-7,9H2,(H,14,17). The van der Waals surface area contributed by atoms with Gasteiger partial charge in [-0.05, 0) is 25.2 Å². The van der Waals surface area contributed by atoms with Crippen LogP contribution in [-0.4, -0.2) is 40.6 Å². The molecule has 1 unspecified atom stereocenters. The summed E-state index contributed by atoms with van der Waals surface area (Å²) in [6.45, 7) is 1.47. The van der Waals surface area contributed by atoms with Crippen LogP contribution in [0.2, 0.25) is 0 Å². The van der Waals surface area contributed by atoms with E-state index < -0.39 is 0 Å². The molecule has 5 heteroatoms. The Hall–Kier alpha value is -1.62. The first-order chi connectivity index (χ1) is 8.72. The summed E-state index contributed by atoms with van der Waals surface area (Å²) in [6, 6.07) is 1.36. The molecule has 5 nitrogen and oxygen atoms in total. The molecule has 18 heavy (non-hydrogen) atoms. The number of hydrogen-bond donors (Lipinski definition) is 2. The van der Waals surface area contributed by atoms with Gasteiger partial charge in [0.2, 0.25) is 0 Å². The second-order valence-electron chi connectivity index (χ2n) is 4.69. The molecule has 1 saturated heterocycles. The molecular weight excluding hydrogens is 232 g/mol. The molecule has 2 rings (SSSR count). The maximum atomic E-state index is 12.2. The van der Waals surface area contributed by atoms with Crippen LogP contribution in [0.4, 0.5) is 0 Å². The average Bonchev–Trinajstić information content (AvgIpc) is 2.39. The first kappa shape index (κ1) is 12.8. The van der Waals surface area contributed by atoms with Crippen LogP contribution in [0.5, 0.6) is 0 Å². The number of H-pyrrole nitrogens is 1. The average molecular weight is 250 g/mol. The van der Waals surface area contributed by atoms with E-state index in [1.54, 1.807) is 4.90 Å². The van der Waals surface area contributed by atoms with Crippen LogP contribution in [0, 0.1) is 5.92 Å². The van der Waals surface area contributed by atoms with Gasteiger partial charge in [-0.15, -0.1) is 0 Å². The van der Waals surface area contributed by atoms with Gasteiger partial charge in [-0.2, -0.15) is 0 Å². The Bertz CT molecular complexity index is 467. The second kappa shape index (κ2) is 5.82. The van der Waals surface area contributed by atoms with Crippen LogP contribution in [0.3, 0.4) is 0 Å². The maximum Gasteiger partial charge on any atom is 0.259 e. The predicted molar refractivity (Wildman–Crippen MR) is 67.4 cm³/mol. The molecule has 0 spiro atoms. The molecule has 0 saturated carbocycles. The number of pyridine rings is 1. The van der Waals surface area contributed by atoms with Crippen molar-refractivity contribution in [1.82, 2.24) is 9.88 Å². The smallest absolute Gasteiger partial charge is 0.259 e. The lowest BCUT2D eigenvalue weighted by atomic mass is 9.95. The van der Waals surface area contributed by atoms with Gasteiger partial charge in [-0.25, -0.2) is 0 Å². The van der Waals surface area contributed by atoms with E-state index in [1.165, 1.54) is 18.5 Å². The van der Waals surface area contributed by atoms with E-state index in [0.717, 1.165) is 19.3 Å². The minimum Gasteiger partial charge on any atom is -0.396 e. The summed E-state index contributed by atoms with van der Waals surface area (Å²) in [4.78, 5) is 28.3. The lowest BCUT2D eigenvalue weighted by Crippen LogP contribution is -2.41. The number of nitrogens with zero attached hydrogens (tertiary/aromatic N) is 1. The number of amides is 1. The van der Waals surface area contributed by atoms with Gasteiger partial charge in [0.1, 0.15) is 5.56 Å². The van der Waals surface area contributed by atoms with E-state index in [0.29, 0.717) is 19.0 Å².